The molecule has 0 saturated heterocycles. The molecule has 0 aromatic heterocycles. The van der Waals surface area contributed by atoms with E-state index in [-0.39, 0.29) is 11.4 Å². The first-order valence-corrected chi connectivity index (χ1v) is 8.55. The summed E-state index contributed by atoms with van der Waals surface area (Å²) in [5.74, 6) is 0. The van der Waals surface area contributed by atoms with Crippen LogP contribution in [0.1, 0.15) is 37.5 Å². The third kappa shape index (κ3) is 4.78. The minimum atomic E-state index is -3.58. The van der Waals surface area contributed by atoms with Gasteiger partial charge in [-0.2, -0.15) is 0 Å². The molecular weight excluding hydrogens is 288 g/mol. The molecule has 0 heterocycles. The number of nitrogens with one attached hydrogen (secondary N) is 1. The molecule has 0 amide bonds. The van der Waals surface area contributed by atoms with Gasteiger partial charge >= 0.3 is 0 Å². The van der Waals surface area contributed by atoms with Gasteiger partial charge in [0.15, 0.2) is 0 Å². The Morgan fingerprint density at radius 1 is 1.29 bits per heavy atom. The molecule has 1 aromatic carbocycles. The predicted molar refractivity (Wildman–Crippen MR) is 84.7 cm³/mol. The predicted octanol–water partition coefficient (Wildman–Crippen LogP) is 1.86. The smallest absolute Gasteiger partial charge is 0.240 e. The van der Waals surface area contributed by atoms with Gasteiger partial charge in [-0.3, -0.25) is 0 Å². The maximum Gasteiger partial charge on any atom is 0.240 e. The second-order valence-electron chi connectivity index (χ2n) is 5.76. The van der Waals surface area contributed by atoms with Gasteiger partial charge in [0.1, 0.15) is 0 Å². The number of hydrogen-bond acceptors (Lipinski definition) is 4. The van der Waals surface area contributed by atoms with Crippen molar-refractivity contribution in [3.8, 4) is 0 Å². The van der Waals surface area contributed by atoms with Crippen molar-refractivity contribution in [2.24, 2.45) is 5.73 Å². The molecular formula is C15H26N2O3S. The van der Waals surface area contributed by atoms with Crippen LogP contribution < -0.4 is 10.5 Å². The fourth-order valence-electron chi connectivity index (χ4n) is 2.08. The SMILES string of the molecule is CCOC(C)(C)CNS(=O)(=O)c1cc(CN)cc(C)c1C. The van der Waals surface area contributed by atoms with Gasteiger partial charge in [0.2, 0.25) is 10.0 Å². The zero-order valence-corrected chi connectivity index (χ0v) is 14.3. The first-order valence-electron chi connectivity index (χ1n) is 7.07. The molecule has 6 heteroatoms. The Hall–Kier alpha value is -0.950. The molecule has 5 nitrogen and oxygen atoms in total. The standard InChI is InChI=1S/C15H26N2O3S/c1-6-20-15(4,5)10-17-21(18,19)14-8-13(9-16)7-11(2)12(14)3/h7-8,17H,6,9-10,16H2,1-5H3. The quantitative estimate of drug-likeness (QED) is 0.805. The van der Waals surface area contributed by atoms with E-state index >= 15 is 0 Å². The van der Waals surface area contributed by atoms with E-state index in [1.807, 2.05) is 33.8 Å². The van der Waals surface area contributed by atoms with Crippen molar-refractivity contribution in [3.63, 3.8) is 0 Å². The number of rotatable bonds is 7. The lowest BCUT2D eigenvalue weighted by Crippen LogP contribution is -2.40. The van der Waals surface area contributed by atoms with Crippen molar-refractivity contribution < 1.29 is 13.2 Å². The van der Waals surface area contributed by atoms with Crippen molar-refractivity contribution in [1.82, 2.24) is 4.72 Å². The van der Waals surface area contributed by atoms with Crippen molar-refractivity contribution in [2.75, 3.05) is 13.2 Å². The molecule has 0 unspecified atom stereocenters. The van der Waals surface area contributed by atoms with Gasteiger partial charge in [-0.25, -0.2) is 13.1 Å². The van der Waals surface area contributed by atoms with Crippen LogP contribution in [0.3, 0.4) is 0 Å². The fraction of sp³-hybridized carbons (Fsp3) is 0.600. The summed E-state index contributed by atoms with van der Waals surface area (Å²) in [6, 6.07) is 3.55. The van der Waals surface area contributed by atoms with Gasteiger partial charge in [0.05, 0.1) is 10.5 Å². The molecule has 1 rings (SSSR count). The normalized spacial score (nSPS) is 12.7. The van der Waals surface area contributed by atoms with Crippen LogP contribution in [0.5, 0.6) is 0 Å². The largest absolute Gasteiger partial charge is 0.375 e. The number of hydrogen-bond donors (Lipinski definition) is 2. The average molecular weight is 314 g/mol. The van der Waals surface area contributed by atoms with Crippen molar-refractivity contribution in [1.29, 1.82) is 0 Å². The van der Waals surface area contributed by atoms with E-state index in [1.165, 1.54) is 0 Å². The zero-order valence-electron chi connectivity index (χ0n) is 13.5. The second kappa shape index (κ2) is 6.87. The highest BCUT2D eigenvalue weighted by atomic mass is 32.2. The summed E-state index contributed by atoms with van der Waals surface area (Å²) >= 11 is 0. The van der Waals surface area contributed by atoms with E-state index in [4.69, 9.17) is 10.5 Å². The molecule has 120 valence electrons. The van der Waals surface area contributed by atoms with Gasteiger partial charge in [0.25, 0.3) is 0 Å². The van der Waals surface area contributed by atoms with E-state index in [2.05, 4.69) is 4.72 Å². The number of nitrogens with two attached hydrogens (primary N) is 1. The summed E-state index contributed by atoms with van der Waals surface area (Å²) in [6.07, 6.45) is 0. The van der Waals surface area contributed by atoms with E-state index in [0.717, 1.165) is 16.7 Å². The van der Waals surface area contributed by atoms with Crippen LogP contribution in [0.2, 0.25) is 0 Å². The molecule has 0 aliphatic heterocycles. The molecule has 3 N–H and O–H groups in total. The molecule has 1 aromatic rings. The number of aryl methyl sites for hydroxylation is 1. The third-order valence-corrected chi connectivity index (χ3v) is 4.96. The Labute approximate surface area is 127 Å². The van der Waals surface area contributed by atoms with Crippen LogP contribution in [0.4, 0.5) is 0 Å². The Morgan fingerprint density at radius 3 is 2.43 bits per heavy atom. The third-order valence-electron chi connectivity index (χ3n) is 3.43. The fourth-order valence-corrected chi connectivity index (χ4v) is 3.65. The molecule has 0 saturated carbocycles. The average Bonchev–Trinajstić information content (AvgIpc) is 2.39. The first kappa shape index (κ1) is 18.1. The molecule has 0 bridgehead atoms. The number of benzene rings is 1. The summed E-state index contributed by atoms with van der Waals surface area (Å²) in [5.41, 5.74) is 7.55. The molecule has 0 spiro atoms. The first-order chi connectivity index (χ1) is 9.63. The zero-order chi connectivity index (χ0) is 16.3. The van der Waals surface area contributed by atoms with Crippen molar-refractivity contribution >= 4 is 10.0 Å². The highest BCUT2D eigenvalue weighted by Crippen LogP contribution is 2.21. The van der Waals surface area contributed by atoms with Crippen LogP contribution in [0.15, 0.2) is 17.0 Å². The Balaban J connectivity index is 3.06. The van der Waals surface area contributed by atoms with Gasteiger partial charge in [-0.15, -0.1) is 0 Å². The monoisotopic (exact) mass is 314 g/mol. The molecule has 0 aliphatic carbocycles. The van der Waals surface area contributed by atoms with Gasteiger partial charge in [0, 0.05) is 19.7 Å². The van der Waals surface area contributed by atoms with E-state index < -0.39 is 15.6 Å². The molecule has 0 aliphatic rings. The lowest BCUT2D eigenvalue weighted by atomic mass is 10.1. The van der Waals surface area contributed by atoms with Crippen LogP contribution in [-0.4, -0.2) is 27.2 Å². The van der Waals surface area contributed by atoms with Crippen LogP contribution in [0.25, 0.3) is 0 Å². The summed E-state index contributed by atoms with van der Waals surface area (Å²) in [4.78, 5) is 0.287. The Kier molecular flexibility index (Phi) is 5.92. The number of sulfonamides is 1. The topological polar surface area (TPSA) is 81.4 Å². The van der Waals surface area contributed by atoms with Gasteiger partial charge in [-0.05, 0) is 57.4 Å². The van der Waals surface area contributed by atoms with Crippen LogP contribution in [0, 0.1) is 13.8 Å². The van der Waals surface area contributed by atoms with E-state index in [1.54, 1.807) is 13.0 Å². The summed E-state index contributed by atoms with van der Waals surface area (Å²) in [7, 11) is -3.58. The minimum absolute atomic E-state index is 0.217. The maximum atomic E-state index is 12.5. The molecule has 21 heavy (non-hydrogen) atoms. The Morgan fingerprint density at radius 2 is 1.90 bits per heavy atom. The van der Waals surface area contributed by atoms with Crippen LogP contribution >= 0.6 is 0 Å². The second-order valence-corrected chi connectivity index (χ2v) is 7.49. The minimum Gasteiger partial charge on any atom is -0.375 e. The summed E-state index contributed by atoms with van der Waals surface area (Å²) in [5, 5.41) is 0. The lowest BCUT2D eigenvalue weighted by Gasteiger charge is -2.25. The number of ether oxygens (including phenoxy) is 1. The summed E-state index contributed by atoms with van der Waals surface area (Å²) < 4.78 is 33.2. The highest BCUT2D eigenvalue weighted by Gasteiger charge is 2.24. The Bertz CT molecular complexity index is 595. The maximum absolute atomic E-state index is 12.5. The summed E-state index contributed by atoms with van der Waals surface area (Å²) in [6.45, 7) is 10.4. The van der Waals surface area contributed by atoms with Crippen molar-refractivity contribution in [3.05, 3.63) is 28.8 Å². The highest BCUT2D eigenvalue weighted by molar-refractivity contribution is 7.89. The van der Waals surface area contributed by atoms with Crippen molar-refractivity contribution in [2.45, 2.75) is 51.7 Å². The van der Waals surface area contributed by atoms with Gasteiger partial charge < -0.3 is 10.5 Å². The van der Waals surface area contributed by atoms with Gasteiger partial charge in [-0.1, -0.05) is 6.07 Å². The van der Waals surface area contributed by atoms with E-state index in [0.29, 0.717) is 13.2 Å². The lowest BCUT2D eigenvalue weighted by molar-refractivity contribution is -0.00515. The molecule has 0 radical (unpaired) electrons. The molecule has 0 atom stereocenters. The van der Waals surface area contributed by atoms with E-state index in [9.17, 15) is 8.42 Å². The van der Waals surface area contributed by atoms with Crippen LogP contribution in [-0.2, 0) is 21.3 Å². The molecule has 0 fully saturated rings.